The van der Waals surface area contributed by atoms with E-state index in [0.717, 1.165) is 50.9 Å². The molecule has 10 nitrogen and oxygen atoms in total. The highest BCUT2D eigenvalue weighted by atomic mass is 32.2. The Morgan fingerprint density at radius 2 is 1.89 bits per heavy atom. The number of benzene rings is 1. The highest BCUT2D eigenvalue weighted by Crippen LogP contribution is 2.20. The molecule has 0 bridgehead atoms. The summed E-state index contributed by atoms with van der Waals surface area (Å²) in [6.45, 7) is 6.62. The van der Waals surface area contributed by atoms with E-state index in [1.54, 1.807) is 11.7 Å². The number of aryl methyl sites for hydroxylation is 2. The molecule has 0 saturated heterocycles. The van der Waals surface area contributed by atoms with Crippen molar-refractivity contribution in [1.82, 2.24) is 29.7 Å². The van der Waals surface area contributed by atoms with Crippen molar-refractivity contribution in [2.75, 3.05) is 25.4 Å². The van der Waals surface area contributed by atoms with Crippen molar-refractivity contribution < 1.29 is 17.9 Å². The number of nitrogens with one attached hydrogen (secondary N) is 2. The Hall–Kier alpha value is -2.50. The van der Waals surface area contributed by atoms with Crippen LogP contribution in [0, 0.1) is 0 Å². The van der Waals surface area contributed by atoms with Gasteiger partial charge in [0.1, 0.15) is 0 Å². The van der Waals surface area contributed by atoms with Crippen LogP contribution in [-0.2, 0) is 34.8 Å². The molecule has 1 aliphatic carbocycles. The SMILES string of the molecule is CCN(CC)CCCS(=O)(=O)N[C@H](CCc1ccccc1)c1nc(COC(=O)NC2CCCC2)n(C)n1. The van der Waals surface area contributed by atoms with Gasteiger partial charge in [0.05, 0.1) is 11.8 Å². The molecule has 1 aromatic heterocycles. The van der Waals surface area contributed by atoms with Gasteiger partial charge in [0.25, 0.3) is 0 Å². The van der Waals surface area contributed by atoms with Crippen LogP contribution in [-0.4, -0.2) is 65.6 Å². The molecule has 11 heteroatoms. The van der Waals surface area contributed by atoms with Crippen molar-refractivity contribution in [3.05, 3.63) is 47.5 Å². The van der Waals surface area contributed by atoms with Gasteiger partial charge in [-0.2, -0.15) is 5.10 Å². The minimum Gasteiger partial charge on any atom is -0.441 e. The zero-order valence-electron chi connectivity index (χ0n) is 22.4. The van der Waals surface area contributed by atoms with Crippen LogP contribution in [0.4, 0.5) is 4.79 Å². The molecule has 0 aliphatic heterocycles. The molecule has 0 radical (unpaired) electrons. The second kappa shape index (κ2) is 14.4. The minimum absolute atomic E-state index is 0.0372. The van der Waals surface area contributed by atoms with Gasteiger partial charge in [0.2, 0.25) is 10.0 Å². The van der Waals surface area contributed by atoms with E-state index in [1.165, 1.54) is 0 Å². The monoisotopic (exact) mass is 534 g/mol. The smallest absolute Gasteiger partial charge is 0.407 e. The Morgan fingerprint density at radius 1 is 1.19 bits per heavy atom. The van der Waals surface area contributed by atoms with E-state index in [1.807, 2.05) is 30.3 Å². The van der Waals surface area contributed by atoms with Crippen molar-refractivity contribution in [2.45, 2.75) is 77.5 Å². The summed E-state index contributed by atoms with van der Waals surface area (Å²) in [7, 11) is -1.83. The van der Waals surface area contributed by atoms with Crippen LogP contribution < -0.4 is 10.0 Å². The first-order valence-corrected chi connectivity index (χ1v) is 15.0. The third-order valence-electron chi connectivity index (χ3n) is 6.86. The Balaban J connectivity index is 1.65. The number of aromatic nitrogens is 3. The topological polar surface area (TPSA) is 118 Å². The van der Waals surface area contributed by atoms with E-state index in [4.69, 9.17) is 4.74 Å². The highest BCUT2D eigenvalue weighted by Gasteiger charge is 2.25. The van der Waals surface area contributed by atoms with Gasteiger partial charge in [0.15, 0.2) is 18.3 Å². The molecule has 1 atom stereocenters. The second-order valence-electron chi connectivity index (χ2n) is 9.61. The zero-order valence-corrected chi connectivity index (χ0v) is 23.2. The Bertz CT molecular complexity index is 1070. The summed E-state index contributed by atoms with van der Waals surface area (Å²) in [6.07, 6.45) is 5.44. The molecule has 206 valence electrons. The van der Waals surface area contributed by atoms with Crippen LogP contribution in [0.15, 0.2) is 30.3 Å². The average Bonchev–Trinajstić information content (AvgIpc) is 3.53. The molecule has 2 N–H and O–H groups in total. The number of sulfonamides is 1. The summed E-state index contributed by atoms with van der Waals surface area (Å²) in [5, 5.41) is 7.37. The third-order valence-corrected chi connectivity index (χ3v) is 8.33. The van der Waals surface area contributed by atoms with Crippen LogP contribution in [0.2, 0.25) is 0 Å². The summed E-state index contributed by atoms with van der Waals surface area (Å²) >= 11 is 0. The van der Waals surface area contributed by atoms with Crippen LogP contribution in [0.5, 0.6) is 0 Å². The molecule has 1 saturated carbocycles. The van der Waals surface area contributed by atoms with E-state index in [9.17, 15) is 13.2 Å². The second-order valence-corrected chi connectivity index (χ2v) is 11.5. The third kappa shape index (κ3) is 9.71. The number of carbonyl (C=O) groups is 1. The quantitative estimate of drug-likeness (QED) is 0.360. The molecule has 1 amide bonds. The molecule has 0 spiro atoms. The first-order chi connectivity index (χ1) is 17.8. The number of carbonyl (C=O) groups excluding carboxylic acids is 1. The molecular formula is C26H42N6O4S. The van der Waals surface area contributed by atoms with Gasteiger partial charge in [-0.15, -0.1) is 0 Å². The van der Waals surface area contributed by atoms with Crippen molar-refractivity contribution >= 4 is 16.1 Å². The maximum atomic E-state index is 13.0. The van der Waals surface area contributed by atoms with Crippen LogP contribution in [0.1, 0.15) is 75.6 Å². The number of nitrogens with zero attached hydrogens (tertiary/aromatic N) is 4. The summed E-state index contributed by atoms with van der Waals surface area (Å²) in [5.41, 5.74) is 1.11. The highest BCUT2D eigenvalue weighted by molar-refractivity contribution is 7.89. The van der Waals surface area contributed by atoms with E-state index in [2.05, 4.69) is 38.9 Å². The first kappa shape index (κ1) is 29.1. The number of ether oxygens (including phenoxy) is 1. The van der Waals surface area contributed by atoms with Gasteiger partial charge in [0, 0.05) is 13.1 Å². The molecule has 37 heavy (non-hydrogen) atoms. The summed E-state index contributed by atoms with van der Waals surface area (Å²) in [5.74, 6) is 0.873. The standard InChI is InChI=1S/C26H42N6O4S/c1-4-32(5-2)18-11-19-37(34,35)30-23(17-16-21-12-7-6-8-13-21)25-28-24(31(3)29-25)20-36-26(33)27-22-14-9-10-15-22/h6-8,12-13,22-23,30H,4-5,9-11,14-20H2,1-3H3,(H,27,33)/t23-/m1/s1. The summed E-state index contributed by atoms with van der Waals surface area (Å²) in [6, 6.07) is 9.49. The van der Waals surface area contributed by atoms with Gasteiger partial charge in [-0.05, 0) is 57.3 Å². The molecule has 1 aliphatic rings. The summed E-state index contributed by atoms with van der Waals surface area (Å²) in [4.78, 5) is 18.9. The van der Waals surface area contributed by atoms with Crippen LogP contribution in [0.3, 0.4) is 0 Å². The average molecular weight is 535 g/mol. The first-order valence-electron chi connectivity index (χ1n) is 13.4. The normalized spacial score (nSPS) is 15.2. The predicted molar refractivity (Wildman–Crippen MR) is 143 cm³/mol. The number of hydrogen-bond acceptors (Lipinski definition) is 7. The largest absolute Gasteiger partial charge is 0.441 e. The van der Waals surface area contributed by atoms with Crippen LogP contribution >= 0.6 is 0 Å². The maximum Gasteiger partial charge on any atom is 0.407 e. The molecule has 1 aromatic carbocycles. The fourth-order valence-corrected chi connectivity index (χ4v) is 5.89. The van der Waals surface area contributed by atoms with Crippen molar-refractivity contribution in [3.63, 3.8) is 0 Å². The fraction of sp³-hybridized carbons (Fsp3) is 0.654. The maximum absolute atomic E-state index is 13.0. The van der Waals surface area contributed by atoms with Crippen molar-refractivity contribution in [3.8, 4) is 0 Å². The molecule has 3 rings (SSSR count). The summed E-state index contributed by atoms with van der Waals surface area (Å²) < 4.78 is 35.7. The van der Waals surface area contributed by atoms with Gasteiger partial charge >= 0.3 is 6.09 Å². The zero-order chi connectivity index (χ0) is 26.7. The Labute approximate surface area is 221 Å². The van der Waals surface area contributed by atoms with Crippen molar-refractivity contribution in [2.24, 2.45) is 7.05 Å². The van der Waals surface area contributed by atoms with Gasteiger partial charge in [-0.3, -0.25) is 0 Å². The lowest BCUT2D eigenvalue weighted by atomic mass is 10.1. The van der Waals surface area contributed by atoms with Gasteiger partial charge < -0.3 is 15.0 Å². The molecule has 0 unspecified atom stereocenters. The number of alkyl carbamates (subject to hydrolysis) is 1. The lowest BCUT2D eigenvalue weighted by molar-refractivity contribution is 0.131. The van der Waals surface area contributed by atoms with E-state index >= 15 is 0 Å². The van der Waals surface area contributed by atoms with Gasteiger partial charge in [-0.25, -0.2) is 27.6 Å². The Morgan fingerprint density at radius 3 is 2.57 bits per heavy atom. The number of rotatable bonds is 15. The fourth-order valence-electron chi connectivity index (χ4n) is 4.61. The van der Waals surface area contributed by atoms with Crippen molar-refractivity contribution in [1.29, 1.82) is 0 Å². The van der Waals surface area contributed by atoms with E-state index in [0.29, 0.717) is 30.9 Å². The van der Waals surface area contributed by atoms with Gasteiger partial charge in [-0.1, -0.05) is 57.0 Å². The molecule has 1 fully saturated rings. The Kier molecular flexibility index (Phi) is 11.3. The molecule has 1 heterocycles. The van der Waals surface area contributed by atoms with Crippen LogP contribution in [0.25, 0.3) is 0 Å². The lowest BCUT2D eigenvalue weighted by Crippen LogP contribution is -2.33. The van der Waals surface area contributed by atoms with E-state index in [-0.39, 0.29) is 18.4 Å². The number of amides is 1. The molecule has 2 aromatic rings. The number of hydrogen-bond donors (Lipinski definition) is 2. The van der Waals surface area contributed by atoms with E-state index < -0.39 is 22.2 Å². The molecular weight excluding hydrogens is 492 g/mol. The lowest BCUT2D eigenvalue weighted by Gasteiger charge is -2.19. The predicted octanol–water partition coefficient (Wildman–Crippen LogP) is 3.31. The minimum atomic E-state index is -3.55.